The van der Waals surface area contributed by atoms with E-state index in [-0.39, 0.29) is 5.54 Å². The summed E-state index contributed by atoms with van der Waals surface area (Å²) in [6, 6.07) is 15.0. The van der Waals surface area contributed by atoms with E-state index < -0.39 is 0 Å². The predicted octanol–water partition coefficient (Wildman–Crippen LogP) is 5.27. The van der Waals surface area contributed by atoms with Crippen molar-refractivity contribution in [1.82, 2.24) is 5.32 Å². The maximum atomic E-state index is 5.02. The second-order valence-electron chi connectivity index (χ2n) is 6.78. The fourth-order valence-electron chi connectivity index (χ4n) is 3.55. The van der Waals surface area contributed by atoms with Crippen molar-refractivity contribution in [3.8, 4) is 0 Å². The molecule has 0 saturated carbocycles. The van der Waals surface area contributed by atoms with Crippen LogP contribution >= 0.6 is 27.7 Å². The molecule has 25 heavy (non-hydrogen) atoms. The fourth-order valence-corrected chi connectivity index (χ4v) is 5.08. The molecule has 2 aromatic carbocycles. The SMILES string of the molecule is Cc1cccc(CNC2=Nc3cc(Br)ccc3NC23CCSCC3)c1. The Balaban J connectivity index is 1.65. The zero-order chi connectivity index (χ0) is 17.3. The molecule has 1 fully saturated rings. The first-order valence-corrected chi connectivity index (χ1v) is 10.6. The summed E-state index contributed by atoms with van der Waals surface area (Å²) in [7, 11) is 0. The van der Waals surface area contributed by atoms with Crippen LogP contribution in [0.15, 0.2) is 51.9 Å². The number of fused-ring (bicyclic) bond motifs is 1. The number of amidine groups is 1. The zero-order valence-corrected chi connectivity index (χ0v) is 16.7. The molecule has 2 aliphatic heterocycles. The Hall–Kier alpha value is -1.46. The van der Waals surface area contributed by atoms with Crippen LogP contribution in [0.25, 0.3) is 0 Å². The molecule has 2 aliphatic rings. The first-order chi connectivity index (χ1) is 12.1. The molecule has 0 aliphatic carbocycles. The van der Waals surface area contributed by atoms with E-state index in [9.17, 15) is 0 Å². The topological polar surface area (TPSA) is 36.4 Å². The van der Waals surface area contributed by atoms with Crippen LogP contribution in [0.1, 0.15) is 24.0 Å². The Morgan fingerprint density at radius 3 is 2.84 bits per heavy atom. The second-order valence-corrected chi connectivity index (χ2v) is 8.92. The summed E-state index contributed by atoms with van der Waals surface area (Å²) < 4.78 is 1.06. The van der Waals surface area contributed by atoms with E-state index in [0.29, 0.717) is 0 Å². The van der Waals surface area contributed by atoms with Crippen LogP contribution in [0.3, 0.4) is 0 Å². The Labute approximate surface area is 161 Å². The van der Waals surface area contributed by atoms with Gasteiger partial charge in [0.15, 0.2) is 0 Å². The minimum Gasteiger partial charge on any atom is -0.371 e. The quantitative estimate of drug-likeness (QED) is 0.701. The minimum absolute atomic E-state index is 0.0596. The lowest BCUT2D eigenvalue weighted by molar-refractivity contribution is 0.543. The Kier molecular flexibility index (Phi) is 4.78. The molecule has 130 valence electrons. The largest absolute Gasteiger partial charge is 0.371 e. The molecule has 4 rings (SSSR count). The fraction of sp³-hybridized carbons (Fsp3) is 0.350. The lowest BCUT2D eigenvalue weighted by Gasteiger charge is -2.42. The smallest absolute Gasteiger partial charge is 0.128 e. The van der Waals surface area contributed by atoms with Gasteiger partial charge < -0.3 is 10.6 Å². The van der Waals surface area contributed by atoms with Crippen molar-refractivity contribution >= 4 is 44.9 Å². The molecule has 1 spiro atoms. The van der Waals surface area contributed by atoms with E-state index >= 15 is 0 Å². The number of halogens is 1. The van der Waals surface area contributed by atoms with Gasteiger partial charge in [0.2, 0.25) is 0 Å². The number of aryl methyl sites for hydroxylation is 1. The summed E-state index contributed by atoms with van der Waals surface area (Å²) in [6.07, 6.45) is 2.21. The molecule has 3 nitrogen and oxygen atoms in total. The van der Waals surface area contributed by atoms with Crippen molar-refractivity contribution in [2.75, 3.05) is 16.8 Å². The van der Waals surface area contributed by atoms with Crippen LogP contribution in [-0.2, 0) is 6.54 Å². The van der Waals surface area contributed by atoms with Gasteiger partial charge in [-0.2, -0.15) is 11.8 Å². The lowest BCUT2D eigenvalue weighted by atomic mass is 9.88. The Morgan fingerprint density at radius 1 is 1.20 bits per heavy atom. The van der Waals surface area contributed by atoms with Gasteiger partial charge in [0.25, 0.3) is 0 Å². The normalized spacial score (nSPS) is 18.2. The van der Waals surface area contributed by atoms with E-state index in [0.717, 1.165) is 41.1 Å². The molecule has 0 radical (unpaired) electrons. The highest BCUT2D eigenvalue weighted by atomic mass is 79.9. The van der Waals surface area contributed by atoms with Crippen molar-refractivity contribution in [2.45, 2.75) is 31.8 Å². The number of thioether (sulfide) groups is 1. The average Bonchev–Trinajstić information content (AvgIpc) is 2.61. The molecular formula is C20H22BrN3S. The van der Waals surface area contributed by atoms with Crippen LogP contribution in [-0.4, -0.2) is 22.9 Å². The van der Waals surface area contributed by atoms with E-state index in [2.05, 4.69) is 76.0 Å². The molecular weight excluding hydrogens is 394 g/mol. The van der Waals surface area contributed by atoms with E-state index in [1.165, 1.54) is 22.6 Å². The molecule has 2 aromatic rings. The van der Waals surface area contributed by atoms with Gasteiger partial charge in [0.1, 0.15) is 5.84 Å². The van der Waals surface area contributed by atoms with Gasteiger partial charge in [-0.1, -0.05) is 45.8 Å². The summed E-state index contributed by atoms with van der Waals surface area (Å²) in [4.78, 5) is 5.02. The third kappa shape index (κ3) is 3.58. The molecule has 0 bridgehead atoms. The molecule has 0 unspecified atom stereocenters. The van der Waals surface area contributed by atoms with E-state index in [4.69, 9.17) is 4.99 Å². The summed E-state index contributed by atoms with van der Waals surface area (Å²) >= 11 is 5.60. The number of aliphatic imine (C=N–C) groups is 1. The maximum absolute atomic E-state index is 5.02. The highest BCUT2D eigenvalue weighted by Crippen LogP contribution is 2.40. The van der Waals surface area contributed by atoms with Crippen molar-refractivity contribution in [3.05, 3.63) is 58.1 Å². The first kappa shape index (κ1) is 17.0. The Bertz CT molecular complexity index is 812. The highest BCUT2D eigenvalue weighted by molar-refractivity contribution is 9.10. The van der Waals surface area contributed by atoms with Gasteiger partial charge in [-0.05, 0) is 55.0 Å². The monoisotopic (exact) mass is 415 g/mol. The molecule has 2 N–H and O–H groups in total. The van der Waals surface area contributed by atoms with Crippen LogP contribution in [0.2, 0.25) is 0 Å². The van der Waals surface area contributed by atoms with Gasteiger partial charge in [0, 0.05) is 11.0 Å². The number of anilines is 1. The number of nitrogens with one attached hydrogen (secondary N) is 2. The van der Waals surface area contributed by atoms with Gasteiger partial charge >= 0.3 is 0 Å². The standard InChI is InChI=1S/C20H22BrN3S/c1-14-3-2-4-15(11-14)13-22-19-20(7-9-25-10-8-20)24-17-6-5-16(21)12-18(17)23-19/h2-6,11-12,24H,7-10,13H2,1H3,(H,22,23). The number of nitrogens with zero attached hydrogens (tertiary/aromatic N) is 1. The van der Waals surface area contributed by atoms with Crippen LogP contribution in [0.4, 0.5) is 11.4 Å². The van der Waals surface area contributed by atoms with Crippen molar-refractivity contribution in [2.24, 2.45) is 4.99 Å². The summed E-state index contributed by atoms with van der Waals surface area (Å²) in [6.45, 7) is 2.94. The molecule has 0 atom stereocenters. The molecule has 2 heterocycles. The number of hydrogen-bond donors (Lipinski definition) is 2. The van der Waals surface area contributed by atoms with Crippen molar-refractivity contribution in [3.63, 3.8) is 0 Å². The summed E-state index contributed by atoms with van der Waals surface area (Å²) in [5.41, 5.74) is 4.67. The zero-order valence-electron chi connectivity index (χ0n) is 14.3. The lowest BCUT2D eigenvalue weighted by Crippen LogP contribution is -2.55. The Morgan fingerprint density at radius 2 is 2.04 bits per heavy atom. The van der Waals surface area contributed by atoms with E-state index in [1.54, 1.807) is 0 Å². The molecule has 0 aromatic heterocycles. The number of hydrogen-bond acceptors (Lipinski definition) is 4. The summed E-state index contributed by atoms with van der Waals surface area (Å²) in [5.74, 6) is 3.42. The highest BCUT2D eigenvalue weighted by Gasteiger charge is 2.40. The molecule has 5 heteroatoms. The van der Waals surface area contributed by atoms with E-state index in [1.807, 2.05) is 11.8 Å². The molecule has 0 amide bonds. The molecule has 1 saturated heterocycles. The average molecular weight is 416 g/mol. The van der Waals surface area contributed by atoms with Crippen molar-refractivity contribution in [1.29, 1.82) is 0 Å². The van der Waals surface area contributed by atoms with Gasteiger partial charge in [-0.15, -0.1) is 0 Å². The van der Waals surface area contributed by atoms with Crippen LogP contribution < -0.4 is 10.6 Å². The van der Waals surface area contributed by atoms with Gasteiger partial charge in [-0.25, -0.2) is 4.99 Å². The summed E-state index contributed by atoms with van der Waals surface area (Å²) in [5, 5.41) is 7.46. The third-order valence-corrected chi connectivity index (χ3v) is 6.39. The van der Waals surface area contributed by atoms with Crippen LogP contribution in [0.5, 0.6) is 0 Å². The third-order valence-electron chi connectivity index (χ3n) is 4.91. The van der Waals surface area contributed by atoms with Crippen LogP contribution in [0, 0.1) is 6.92 Å². The van der Waals surface area contributed by atoms with Crippen molar-refractivity contribution < 1.29 is 0 Å². The maximum Gasteiger partial charge on any atom is 0.128 e. The van der Waals surface area contributed by atoms with Gasteiger partial charge in [0.05, 0.1) is 16.9 Å². The number of rotatable bonds is 2. The predicted molar refractivity (Wildman–Crippen MR) is 112 cm³/mol. The number of benzene rings is 2. The van der Waals surface area contributed by atoms with Gasteiger partial charge in [-0.3, -0.25) is 0 Å². The minimum atomic E-state index is -0.0596. The first-order valence-electron chi connectivity index (χ1n) is 8.69. The second kappa shape index (κ2) is 7.04.